The molecule has 1 unspecified atom stereocenters. The van der Waals surface area contributed by atoms with Crippen molar-refractivity contribution >= 4 is 0 Å². The molecule has 0 radical (unpaired) electrons. The minimum absolute atomic E-state index is 0.218. The lowest BCUT2D eigenvalue weighted by molar-refractivity contribution is 0.300. The van der Waals surface area contributed by atoms with Crippen LogP contribution >= 0.6 is 0 Å². The van der Waals surface area contributed by atoms with E-state index in [4.69, 9.17) is 4.74 Å². The fraction of sp³-hybridized carbons (Fsp3) is 0.455. The molecule has 2 aliphatic rings. The van der Waals surface area contributed by atoms with Gasteiger partial charge >= 0.3 is 0 Å². The molecule has 0 spiro atoms. The molecule has 1 saturated carbocycles. The molecule has 138 valence electrons. The Morgan fingerprint density at radius 2 is 1.81 bits per heavy atom. The van der Waals surface area contributed by atoms with Crippen LogP contribution in [0.2, 0.25) is 0 Å². The Morgan fingerprint density at radius 1 is 1.04 bits per heavy atom. The van der Waals surface area contributed by atoms with E-state index in [-0.39, 0.29) is 12.4 Å². The van der Waals surface area contributed by atoms with Gasteiger partial charge in [0.2, 0.25) is 0 Å². The second kappa shape index (κ2) is 8.19. The number of ether oxygens (including phenoxy) is 1. The van der Waals surface area contributed by atoms with Crippen LogP contribution in [0.25, 0.3) is 0 Å². The largest absolute Gasteiger partial charge is 0.489 e. The highest BCUT2D eigenvalue weighted by Gasteiger charge is 2.38. The summed E-state index contributed by atoms with van der Waals surface area (Å²) < 4.78 is 19.4. The second-order valence-electron chi connectivity index (χ2n) is 7.50. The van der Waals surface area contributed by atoms with Crippen molar-refractivity contribution in [2.24, 2.45) is 5.92 Å². The van der Waals surface area contributed by atoms with Crippen molar-refractivity contribution in [3.63, 3.8) is 0 Å². The summed E-state index contributed by atoms with van der Waals surface area (Å²) in [5.41, 5.74) is 1.95. The van der Waals surface area contributed by atoms with Crippen molar-refractivity contribution in [2.45, 2.75) is 37.8 Å². The molecule has 1 saturated heterocycles. The lowest BCUT2D eigenvalue weighted by Crippen LogP contribution is -2.34. The Morgan fingerprint density at radius 3 is 2.58 bits per heavy atom. The maximum Gasteiger partial charge on any atom is 0.129 e. The van der Waals surface area contributed by atoms with E-state index in [1.165, 1.54) is 30.9 Å². The fourth-order valence-electron chi connectivity index (χ4n) is 3.78. The van der Waals surface area contributed by atoms with Gasteiger partial charge in [0.15, 0.2) is 0 Å². The Kier molecular flexibility index (Phi) is 5.51. The summed E-state index contributed by atoms with van der Waals surface area (Å²) in [6, 6.07) is 15.7. The normalized spacial score (nSPS) is 23.0. The summed E-state index contributed by atoms with van der Waals surface area (Å²) in [6.45, 7) is 3.73. The molecule has 2 atom stereocenters. The van der Waals surface area contributed by atoms with Crippen LogP contribution in [0.15, 0.2) is 48.5 Å². The van der Waals surface area contributed by atoms with Gasteiger partial charge in [0.05, 0.1) is 0 Å². The van der Waals surface area contributed by atoms with Gasteiger partial charge in [-0.2, -0.15) is 0 Å². The summed E-state index contributed by atoms with van der Waals surface area (Å²) in [6.07, 6.45) is 3.80. The van der Waals surface area contributed by atoms with E-state index in [9.17, 15) is 4.39 Å². The first-order valence-electron chi connectivity index (χ1n) is 9.70. The van der Waals surface area contributed by atoms with Crippen LogP contribution in [-0.4, -0.2) is 25.7 Å². The molecular weight excluding hydrogens is 327 g/mol. The van der Waals surface area contributed by atoms with Gasteiger partial charge < -0.3 is 15.4 Å². The first kappa shape index (κ1) is 17.5. The molecular formula is C22H27FN2O. The third kappa shape index (κ3) is 4.43. The number of hydrogen-bond acceptors (Lipinski definition) is 3. The van der Waals surface area contributed by atoms with Gasteiger partial charge in [-0.3, -0.25) is 0 Å². The first-order chi connectivity index (χ1) is 12.8. The van der Waals surface area contributed by atoms with Crippen molar-refractivity contribution in [1.29, 1.82) is 0 Å². The van der Waals surface area contributed by atoms with Gasteiger partial charge in [0.1, 0.15) is 18.2 Å². The van der Waals surface area contributed by atoms with Crippen LogP contribution in [0.4, 0.5) is 4.39 Å². The van der Waals surface area contributed by atoms with E-state index in [2.05, 4.69) is 22.8 Å². The highest BCUT2D eigenvalue weighted by Crippen LogP contribution is 2.41. The Balaban J connectivity index is 1.24. The molecule has 2 N–H and O–H groups in total. The number of hydrogen-bond donors (Lipinski definition) is 2. The van der Waals surface area contributed by atoms with Crippen molar-refractivity contribution in [1.82, 2.24) is 10.6 Å². The number of rotatable bonds is 7. The minimum Gasteiger partial charge on any atom is -0.489 e. The molecule has 4 rings (SSSR count). The van der Waals surface area contributed by atoms with E-state index in [1.807, 2.05) is 18.2 Å². The fourth-order valence-corrected chi connectivity index (χ4v) is 3.78. The molecule has 4 heteroatoms. The third-order valence-corrected chi connectivity index (χ3v) is 5.58. The Bertz CT molecular complexity index is 712. The lowest BCUT2D eigenvalue weighted by atomic mass is 9.98. The minimum atomic E-state index is -0.218. The topological polar surface area (TPSA) is 33.3 Å². The molecule has 2 fully saturated rings. The zero-order chi connectivity index (χ0) is 17.8. The maximum atomic E-state index is 13.6. The van der Waals surface area contributed by atoms with Crippen molar-refractivity contribution < 1.29 is 9.13 Å². The van der Waals surface area contributed by atoms with Crippen molar-refractivity contribution in [3.05, 3.63) is 65.5 Å². The molecule has 1 aliphatic carbocycles. The summed E-state index contributed by atoms with van der Waals surface area (Å²) in [7, 11) is 0. The summed E-state index contributed by atoms with van der Waals surface area (Å²) in [5.74, 6) is 2.02. The van der Waals surface area contributed by atoms with Crippen LogP contribution < -0.4 is 15.4 Å². The average molecular weight is 354 g/mol. The molecule has 1 aliphatic heterocycles. The Hall–Kier alpha value is -1.91. The van der Waals surface area contributed by atoms with E-state index in [0.29, 0.717) is 17.5 Å². The number of nitrogens with one attached hydrogen (secondary N) is 2. The van der Waals surface area contributed by atoms with Crippen molar-refractivity contribution in [2.75, 3.05) is 19.6 Å². The molecule has 3 nitrogen and oxygen atoms in total. The van der Waals surface area contributed by atoms with Gasteiger partial charge in [-0.05, 0) is 68.6 Å². The molecule has 2 aromatic carbocycles. The smallest absolute Gasteiger partial charge is 0.129 e. The maximum absolute atomic E-state index is 13.6. The van der Waals surface area contributed by atoms with Crippen LogP contribution in [0.5, 0.6) is 5.75 Å². The summed E-state index contributed by atoms with van der Waals surface area (Å²) in [4.78, 5) is 0. The standard InChI is InChI=1S/C22H27FN2O/c23-21-4-2-1-3-18(21)15-26-19-7-5-17(6-8-19)20-13-22(20)25-14-16-9-11-24-12-10-16/h1-8,16,20,22,24-25H,9-15H2/t20?,22-/m0/s1. The molecule has 0 aromatic heterocycles. The average Bonchev–Trinajstić information content (AvgIpc) is 3.47. The van der Waals surface area contributed by atoms with E-state index >= 15 is 0 Å². The van der Waals surface area contributed by atoms with Crippen LogP contribution in [-0.2, 0) is 6.61 Å². The SMILES string of the molecule is Fc1ccccc1COc1ccc(C2C[C@@H]2NCC2CCNCC2)cc1. The number of piperidine rings is 1. The number of halogens is 1. The monoisotopic (exact) mass is 354 g/mol. The summed E-state index contributed by atoms with van der Waals surface area (Å²) >= 11 is 0. The third-order valence-electron chi connectivity index (χ3n) is 5.58. The molecule has 0 amide bonds. The van der Waals surface area contributed by atoms with Gasteiger partial charge in [-0.25, -0.2) is 4.39 Å². The van der Waals surface area contributed by atoms with E-state index in [1.54, 1.807) is 12.1 Å². The van der Waals surface area contributed by atoms with E-state index < -0.39 is 0 Å². The van der Waals surface area contributed by atoms with Crippen LogP contribution in [0, 0.1) is 11.7 Å². The van der Waals surface area contributed by atoms with Crippen LogP contribution in [0.3, 0.4) is 0 Å². The highest BCUT2D eigenvalue weighted by molar-refractivity contribution is 5.34. The van der Waals surface area contributed by atoms with Gasteiger partial charge in [0.25, 0.3) is 0 Å². The second-order valence-corrected chi connectivity index (χ2v) is 7.50. The van der Waals surface area contributed by atoms with Crippen molar-refractivity contribution in [3.8, 4) is 5.75 Å². The quantitative estimate of drug-likeness (QED) is 0.792. The number of benzene rings is 2. The predicted molar refractivity (Wildman–Crippen MR) is 102 cm³/mol. The highest BCUT2D eigenvalue weighted by atomic mass is 19.1. The molecule has 0 bridgehead atoms. The predicted octanol–water partition coefficient (Wildman–Crippen LogP) is 3.85. The molecule has 2 aromatic rings. The summed E-state index contributed by atoms with van der Waals surface area (Å²) in [5, 5.41) is 7.16. The zero-order valence-electron chi connectivity index (χ0n) is 15.1. The van der Waals surface area contributed by atoms with Crippen LogP contribution in [0.1, 0.15) is 36.3 Å². The first-order valence-corrected chi connectivity index (χ1v) is 9.70. The van der Waals surface area contributed by atoms with Gasteiger partial charge in [-0.1, -0.05) is 30.3 Å². The van der Waals surface area contributed by atoms with E-state index in [0.717, 1.165) is 31.3 Å². The zero-order valence-corrected chi connectivity index (χ0v) is 15.1. The molecule has 26 heavy (non-hydrogen) atoms. The van der Waals surface area contributed by atoms with Gasteiger partial charge in [0, 0.05) is 17.5 Å². The lowest BCUT2D eigenvalue weighted by Gasteiger charge is -2.22. The molecule has 1 heterocycles. The van der Waals surface area contributed by atoms with Gasteiger partial charge in [-0.15, -0.1) is 0 Å². The Labute approximate surface area is 155 Å².